The minimum Gasteiger partial charge on any atom is -0.272 e. The highest BCUT2D eigenvalue weighted by atomic mass is 19.4. The Morgan fingerprint density at radius 3 is 1.14 bits per heavy atom. The highest BCUT2D eigenvalue weighted by Gasteiger charge is 2.62. The third-order valence-electron chi connectivity index (χ3n) is 1.66. The Bertz CT molecular complexity index is 391. The lowest BCUT2D eigenvalue weighted by Crippen LogP contribution is -2.44. The molecule has 0 radical (unpaired) electrons. The third-order valence-corrected chi connectivity index (χ3v) is 1.66. The lowest BCUT2D eigenvalue weighted by Gasteiger charge is -2.20. The van der Waals surface area contributed by atoms with Crippen LogP contribution < -0.4 is 0 Å². The molecule has 0 N–H and O–H groups in total. The predicted octanol–water partition coefficient (Wildman–Crippen LogP) is 3.82. The van der Waals surface area contributed by atoms with Crippen molar-refractivity contribution < 1.29 is 57.5 Å². The van der Waals surface area contributed by atoms with Gasteiger partial charge in [-0.15, -0.1) is 0 Å². The lowest BCUT2D eigenvalue weighted by atomic mass is 10.1. The van der Waals surface area contributed by atoms with Crippen LogP contribution in [0.25, 0.3) is 0 Å². The Kier molecular flexibility index (Phi) is 4.98. The van der Waals surface area contributed by atoms with E-state index in [1.54, 1.807) is 0 Å². The number of hydrogen-bond donors (Lipinski definition) is 0. The van der Waals surface area contributed by atoms with Gasteiger partial charge in [-0.1, -0.05) is 0 Å². The molecule has 0 saturated carbocycles. The Labute approximate surface area is 106 Å². The molecule has 0 fully saturated rings. The number of rotatable bonds is 1. The Balaban J connectivity index is 5.92. The smallest absolute Gasteiger partial charge is 0.272 e. The molecule has 21 heavy (non-hydrogen) atoms. The molecule has 0 unspecified atom stereocenters. The number of nitrogens with zero attached hydrogens (tertiary/aromatic N) is 1. The predicted molar refractivity (Wildman–Crippen MR) is 40.2 cm³/mol. The van der Waals surface area contributed by atoms with Crippen molar-refractivity contribution in [3.05, 3.63) is 0 Å². The van der Waals surface area contributed by atoms with E-state index in [-0.39, 0.29) is 0 Å². The van der Waals surface area contributed by atoms with Crippen molar-refractivity contribution in [2.24, 2.45) is 10.9 Å². The van der Waals surface area contributed by atoms with Gasteiger partial charge in [-0.25, -0.2) is 4.99 Å². The molecule has 0 aromatic rings. The maximum absolute atomic E-state index is 11.9. The van der Waals surface area contributed by atoms with Crippen molar-refractivity contribution in [1.82, 2.24) is 0 Å². The molecule has 1 amide bonds. The Hall–Kier alpha value is -1.50. The minimum atomic E-state index is -6.46. The summed E-state index contributed by atoms with van der Waals surface area (Å²) in [4.78, 5) is 11.5. The number of alkyl halides is 12. The Morgan fingerprint density at radius 1 is 0.667 bits per heavy atom. The van der Waals surface area contributed by atoms with Gasteiger partial charge in [0, 0.05) is 0 Å². The molecule has 0 aliphatic rings. The summed E-state index contributed by atoms with van der Waals surface area (Å²) in [5.41, 5.74) is -4.02. The van der Waals surface area contributed by atoms with E-state index in [0.29, 0.717) is 0 Å². The van der Waals surface area contributed by atoms with Gasteiger partial charge in [0.05, 0.1) is 0 Å². The van der Waals surface area contributed by atoms with Crippen LogP contribution in [0.2, 0.25) is 0 Å². The summed E-state index contributed by atoms with van der Waals surface area (Å²) in [5.74, 6) is -8.76. The number of carbonyl (C=O) groups excluding carboxylic acids is 1. The molecule has 14 heteroatoms. The fourth-order valence-corrected chi connectivity index (χ4v) is 0.928. The molecular formula is C7HF12NO. The first-order chi connectivity index (χ1) is 8.88. The van der Waals surface area contributed by atoms with Crippen LogP contribution >= 0.6 is 0 Å². The molecule has 0 aliphatic heterocycles. The van der Waals surface area contributed by atoms with E-state index in [0.717, 1.165) is 4.99 Å². The molecule has 0 aromatic heterocycles. The van der Waals surface area contributed by atoms with Gasteiger partial charge in [-0.2, -0.15) is 52.7 Å². The third kappa shape index (κ3) is 5.41. The first-order valence-corrected chi connectivity index (χ1v) is 4.29. The zero-order chi connectivity index (χ0) is 17.4. The molecular weight excluding hydrogens is 342 g/mol. The van der Waals surface area contributed by atoms with E-state index in [9.17, 15) is 57.5 Å². The fraction of sp³-hybridized carbons (Fsp3) is 0.714. The highest BCUT2D eigenvalue weighted by molar-refractivity contribution is 6.03. The minimum absolute atomic E-state index is 0.940. The molecule has 0 saturated heterocycles. The Morgan fingerprint density at radius 2 is 0.952 bits per heavy atom. The van der Waals surface area contributed by atoms with Crippen LogP contribution in [0.3, 0.4) is 0 Å². The van der Waals surface area contributed by atoms with E-state index >= 15 is 0 Å². The van der Waals surface area contributed by atoms with Gasteiger partial charge < -0.3 is 0 Å². The summed E-state index contributed by atoms with van der Waals surface area (Å²) < 4.78 is 143. The average Bonchev–Trinajstić information content (AvgIpc) is 2.04. The summed E-state index contributed by atoms with van der Waals surface area (Å²) in [6.07, 6.45) is -25.8. The lowest BCUT2D eigenvalue weighted by molar-refractivity contribution is -0.273. The molecule has 0 bridgehead atoms. The van der Waals surface area contributed by atoms with Crippen molar-refractivity contribution in [2.75, 3.05) is 0 Å². The fourth-order valence-electron chi connectivity index (χ4n) is 0.928. The second-order valence-corrected chi connectivity index (χ2v) is 3.31. The summed E-state index contributed by atoms with van der Waals surface area (Å²) in [6, 6.07) is 0. The quantitative estimate of drug-likeness (QED) is 0.526. The number of carbonyl (C=O) groups is 1. The summed E-state index contributed by atoms with van der Waals surface area (Å²) in [5, 5.41) is 0. The average molecular weight is 343 g/mol. The molecule has 124 valence electrons. The highest BCUT2D eigenvalue weighted by Crippen LogP contribution is 2.41. The second-order valence-electron chi connectivity index (χ2n) is 3.31. The van der Waals surface area contributed by atoms with Crippen molar-refractivity contribution in [1.29, 1.82) is 0 Å². The first kappa shape index (κ1) is 19.5. The van der Waals surface area contributed by atoms with Crippen molar-refractivity contribution in [2.45, 2.75) is 24.7 Å². The van der Waals surface area contributed by atoms with Crippen LogP contribution in [0.15, 0.2) is 4.99 Å². The van der Waals surface area contributed by atoms with Crippen LogP contribution in [0.5, 0.6) is 0 Å². The molecule has 0 heterocycles. The van der Waals surface area contributed by atoms with Crippen LogP contribution in [0, 0.1) is 5.92 Å². The van der Waals surface area contributed by atoms with Crippen molar-refractivity contribution in [3.8, 4) is 0 Å². The summed E-state index contributed by atoms with van der Waals surface area (Å²) in [7, 11) is 0. The standard InChI is InChI=1S/C7HF12NO/c8-4(9,10)1(5(11,12)13)2(21)20-3(6(14,15)16)7(17,18)19/h1H. The molecule has 0 rings (SSSR count). The second kappa shape index (κ2) is 5.36. The molecule has 0 aliphatic carbocycles. The molecule has 0 aromatic carbocycles. The zero-order valence-electron chi connectivity index (χ0n) is 8.97. The number of hydrogen-bond acceptors (Lipinski definition) is 1. The molecule has 2 nitrogen and oxygen atoms in total. The maximum Gasteiger partial charge on any atom is 0.438 e. The molecule has 0 atom stereocenters. The van der Waals surface area contributed by atoms with Gasteiger partial charge in [-0.3, -0.25) is 4.79 Å². The van der Waals surface area contributed by atoms with E-state index in [4.69, 9.17) is 0 Å². The van der Waals surface area contributed by atoms with Gasteiger partial charge in [0.2, 0.25) is 11.6 Å². The summed E-state index contributed by atoms with van der Waals surface area (Å²) in [6.45, 7) is 0. The van der Waals surface area contributed by atoms with E-state index in [2.05, 4.69) is 0 Å². The van der Waals surface area contributed by atoms with E-state index in [1.165, 1.54) is 0 Å². The van der Waals surface area contributed by atoms with Crippen LogP contribution in [-0.2, 0) is 4.79 Å². The van der Waals surface area contributed by atoms with Gasteiger partial charge in [0.15, 0.2) is 0 Å². The largest absolute Gasteiger partial charge is 0.438 e. The van der Waals surface area contributed by atoms with E-state index in [1.807, 2.05) is 0 Å². The SMILES string of the molecule is O=C(N=C(C(F)(F)F)C(F)(F)F)C(C(F)(F)F)C(F)(F)F. The first-order valence-electron chi connectivity index (χ1n) is 4.29. The van der Waals surface area contributed by atoms with Crippen molar-refractivity contribution >= 4 is 11.6 Å². The van der Waals surface area contributed by atoms with Gasteiger partial charge in [0.1, 0.15) is 0 Å². The van der Waals surface area contributed by atoms with Gasteiger partial charge >= 0.3 is 24.7 Å². The van der Waals surface area contributed by atoms with Crippen LogP contribution in [-0.4, -0.2) is 36.3 Å². The van der Waals surface area contributed by atoms with E-state index < -0.39 is 42.2 Å². The topological polar surface area (TPSA) is 29.4 Å². The normalized spacial score (nSPS) is 14.3. The number of amides is 1. The zero-order valence-corrected chi connectivity index (χ0v) is 8.97. The van der Waals surface area contributed by atoms with Crippen LogP contribution in [0.1, 0.15) is 0 Å². The van der Waals surface area contributed by atoms with Gasteiger partial charge in [-0.05, 0) is 0 Å². The summed E-state index contributed by atoms with van der Waals surface area (Å²) >= 11 is 0. The maximum atomic E-state index is 11.9. The monoisotopic (exact) mass is 343 g/mol. The van der Waals surface area contributed by atoms with Crippen molar-refractivity contribution in [3.63, 3.8) is 0 Å². The van der Waals surface area contributed by atoms with Gasteiger partial charge in [0.25, 0.3) is 5.91 Å². The number of aliphatic imine (C=N–C) groups is 1. The number of halogens is 12. The molecule has 0 spiro atoms. The van der Waals surface area contributed by atoms with Crippen LogP contribution in [0.4, 0.5) is 52.7 Å².